The first-order valence-electron chi connectivity index (χ1n) is 52.2. The lowest BCUT2D eigenvalue weighted by atomic mass is 9.93. The van der Waals surface area contributed by atoms with Gasteiger partial charge in [-0.15, -0.1) is 0 Å². The van der Waals surface area contributed by atoms with Crippen LogP contribution in [0.25, 0.3) is 144 Å². The quantitative estimate of drug-likeness (QED) is 0.0153. The third-order valence-electron chi connectivity index (χ3n) is 27.8. The summed E-state index contributed by atoms with van der Waals surface area (Å²) in [5.74, 6) is 4.13. The molecule has 6 unspecified atom stereocenters. The standard InChI is InChI=1S/C43H49N3O4.2C39H47N3O4/c1-5-9-15-28(7-3)26-49-31-23-38(47)40(39(48)24-31)42-44-41(45-43(46-42)50-27-29(8-4)16-10-6-2)37-25-36-32-18-12-11-17-30(32)21-22-35(36)33-19-13-14-20-34(33)37;1-5-9-15-26(7-3)24-45-30-22-33(43)36(34(44)23-30)38-40-37(41-39(42-38)46-25-27(8-4)16-10-6-2)35-31-19-13-11-17-28(31)21-29-18-12-14-20-32(29)35;1-5-9-13-26(7-3)24-45-33-22-34(43)36(35(44)23-33)38-40-37(41-39(42-38)46-25-27(8-4)14-10-6-2)31-18-17-30-19-28-15-11-12-16-29(28)20-32(30)21-31/h11-14,17-25,28-29,47-48H,5-10,15-16,26-27H2,1-4H3;11-14,17-23,26-27,43-44H,5-10,15-16,24-25H2,1-4H3;11-12,15-23,26-27,43-44H,5-10,13-14,24-25H2,1-4H3. The molecular formula is C121H143N9O12. The van der Waals surface area contributed by atoms with Crippen LogP contribution in [0, 0.1) is 35.5 Å². The van der Waals surface area contributed by atoms with E-state index in [1.807, 2.05) is 60.7 Å². The van der Waals surface area contributed by atoms with Crippen molar-refractivity contribution < 1.29 is 59.1 Å². The van der Waals surface area contributed by atoms with Gasteiger partial charge in [-0.1, -0.05) is 344 Å². The minimum Gasteiger partial charge on any atom is -0.507 e. The minimum atomic E-state index is -0.173. The van der Waals surface area contributed by atoms with E-state index in [4.69, 9.17) is 58.3 Å². The molecule has 0 aliphatic heterocycles. The molecule has 0 amide bonds. The first-order valence-corrected chi connectivity index (χ1v) is 52.2. The van der Waals surface area contributed by atoms with Gasteiger partial charge in [-0.3, -0.25) is 0 Å². The molecule has 13 aromatic carbocycles. The highest BCUT2D eigenvalue weighted by Crippen LogP contribution is 2.47. The lowest BCUT2D eigenvalue weighted by molar-refractivity contribution is 0.217. The van der Waals surface area contributed by atoms with E-state index < -0.39 is 0 Å². The fourth-order valence-corrected chi connectivity index (χ4v) is 18.6. The molecule has 0 aliphatic rings. The molecule has 0 bridgehead atoms. The fraction of sp³-hybridized carbons (Fsp3) is 0.397. The van der Waals surface area contributed by atoms with E-state index in [0.29, 0.717) is 110 Å². The number of hydrogen-bond donors (Lipinski definition) is 6. The number of ether oxygens (including phenoxy) is 6. The van der Waals surface area contributed by atoms with E-state index in [2.05, 4.69) is 213 Å². The number of benzene rings is 13. The van der Waals surface area contributed by atoms with Crippen LogP contribution in [0.5, 0.6) is 69.8 Å². The summed E-state index contributed by atoms with van der Waals surface area (Å²) >= 11 is 0. The molecule has 3 aromatic heterocycles. The van der Waals surface area contributed by atoms with Crippen molar-refractivity contribution in [2.75, 3.05) is 39.6 Å². The number of unbranched alkanes of at least 4 members (excludes halogenated alkanes) is 6. The Bertz CT molecular complexity index is 6750. The zero-order valence-electron chi connectivity index (χ0n) is 85.0. The molecule has 16 aromatic rings. The van der Waals surface area contributed by atoms with Gasteiger partial charge in [-0.2, -0.15) is 29.9 Å². The molecule has 6 N–H and O–H groups in total. The fourth-order valence-electron chi connectivity index (χ4n) is 18.6. The van der Waals surface area contributed by atoms with Gasteiger partial charge >= 0.3 is 18.0 Å². The molecule has 0 aliphatic carbocycles. The Labute approximate surface area is 837 Å². The maximum atomic E-state index is 11.3. The van der Waals surface area contributed by atoms with Gasteiger partial charge in [0.25, 0.3) is 0 Å². The van der Waals surface area contributed by atoms with Crippen LogP contribution in [0.3, 0.4) is 0 Å². The van der Waals surface area contributed by atoms with E-state index in [-0.39, 0.29) is 86.7 Å². The van der Waals surface area contributed by atoms with Crippen molar-refractivity contribution in [2.24, 2.45) is 35.5 Å². The molecule has 0 saturated carbocycles. The normalized spacial score (nSPS) is 12.8. The maximum Gasteiger partial charge on any atom is 0.320 e. The summed E-state index contributed by atoms with van der Waals surface area (Å²) in [5.41, 5.74) is 2.78. The van der Waals surface area contributed by atoms with E-state index in [1.54, 1.807) is 0 Å². The van der Waals surface area contributed by atoms with Crippen LogP contribution in [0.1, 0.15) is 237 Å². The Morgan fingerprint density at radius 2 is 0.486 bits per heavy atom. The van der Waals surface area contributed by atoms with Crippen molar-refractivity contribution in [3.05, 3.63) is 212 Å². The van der Waals surface area contributed by atoms with Gasteiger partial charge in [0.15, 0.2) is 34.9 Å². The summed E-state index contributed by atoms with van der Waals surface area (Å²) in [4.78, 5) is 42.9. The largest absolute Gasteiger partial charge is 0.507 e. The summed E-state index contributed by atoms with van der Waals surface area (Å²) in [5, 5.41) is 82.7. The van der Waals surface area contributed by atoms with Crippen LogP contribution in [-0.4, -0.2) is 115 Å². The molecule has 0 fully saturated rings. The Morgan fingerprint density at radius 3 is 0.866 bits per heavy atom. The number of nitrogens with zero attached hydrogens (tertiary/aromatic N) is 9. The minimum absolute atomic E-state index is 0.109. The predicted molar refractivity (Wildman–Crippen MR) is 577 cm³/mol. The Hall–Kier alpha value is -13.7. The van der Waals surface area contributed by atoms with Crippen LogP contribution in [-0.2, 0) is 0 Å². The third kappa shape index (κ3) is 26.6. The average Bonchev–Trinajstić information content (AvgIpc) is 0.745. The summed E-state index contributed by atoms with van der Waals surface area (Å²) in [6, 6.07) is 69.9. The third-order valence-corrected chi connectivity index (χ3v) is 27.8. The molecular weight excluding hydrogens is 1770 g/mol. The molecule has 744 valence electrons. The van der Waals surface area contributed by atoms with E-state index in [0.717, 1.165) is 241 Å². The molecule has 21 nitrogen and oxygen atoms in total. The molecule has 21 heteroatoms. The number of phenols is 6. The van der Waals surface area contributed by atoms with E-state index in [1.165, 1.54) is 41.8 Å². The number of rotatable bonds is 48. The Balaban J connectivity index is 0.000000169. The van der Waals surface area contributed by atoms with Crippen molar-refractivity contribution in [3.8, 4) is 138 Å². The average molecular weight is 1920 g/mol. The van der Waals surface area contributed by atoms with Gasteiger partial charge in [0.1, 0.15) is 68.4 Å². The van der Waals surface area contributed by atoms with Crippen molar-refractivity contribution in [1.29, 1.82) is 0 Å². The smallest absolute Gasteiger partial charge is 0.320 e. The highest BCUT2D eigenvalue weighted by Gasteiger charge is 2.28. The van der Waals surface area contributed by atoms with Gasteiger partial charge in [-0.25, -0.2) is 15.0 Å². The van der Waals surface area contributed by atoms with Crippen molar-refractivity contribution in [3.63, 3.8) is 0 Å². The van der Waals surface area contributed by atoms with Crippen molar-refractivity contribution in [2.45, 2.75) is 237 Å². The number of aromatic hydroxyl groups is 6. The molecule has 142 heavy (non-hydrogen) atoms. The van der Waals surface area contributed by atoms with Crippen LogP contribution in [0.2, 0.25) is 0 Å². The van der Waals surface area contributed by atoms with Crippen LogP contribution >= 0.6 is 0 Å². The zero-order valence-corrected chi connectivity index (χ0v) is 85.0. The molecule has 6 atom stereocenters. The number of aromatic nitrogens is 9. The van der Waals surface area contributed by atoms with Crippen LogP contribution < -0.4 is 28.4 Å². The van der Waals surface area contributed by atoms with Crippen molar-refractivity contribution >= 4 is 75.4 Å². The Kier molecular flexibility index (Phi) is 37.9. The lowest BCUT2D eigenvalue weighted by Gasteiger charge is -2.18. The van der Waals surface area contributed by atoms with E-state index >= 15 is 0 Å². The van der Waals surface area contributed by atoms with E-state index in [9.17, 15) is 30.6 Å². The first-order chi connectivity index (χ1) is 69.3. The number of hydrogen-bond acceptors (Lipinski definition) is 21. The summed E-state index contributed by atoms with van der Waals surface area (Å²) in [6.07, 6.45) is 26.0. The second-order valence-electron chi connectivity index (χ2n) is 38.0. The summed E-state index contributed by atoms with van der Waals surface area (Å²) in [6.45, 7) is 29.1. The van der Waals surface area contributed by atoms with Gasteiger partial charge in [0.05, 0.1) is 39.6 Å². The Morgan fingerprint density at radius 1 is 0.211 bits per heavy atom. The van der Waals surface area contributed by atoms with Crippen molar-refractivity contribution in [1.82, 2.24) is 44.9 Å². The zero-order chi connectivity index (χ0) is 100.0. The van der Waals surface area contributed by atoms with Gasteiger partial charge < -0.3 is 59.1 Å². The molecule has 0 spiro atoms. The summed E-state index contributed by atoms with van der Waals surface area (Å²) < 4.78 is 36.9. The predicted octanol–water partition coefficient (Wildman–Crippen LogP) is 31.5. The van der Waals surface area contributed by atoms with Gasteiger partial charge in [-0.05, 0) is 180 Å². The second kappa shape index (κ2) is 51.6. The number of fused-ring (bicyclic) bond motifs is 9. The van der Waals surface area contributed by atoms with Crippen LogP contribution in [0.15, 0.2) is 212 Å². The van der Waals surface area contributed by atoms with Gasteiger partial charge in [0.2, 0.25) is 0 Å². The maximum absolute atomic E-state index is 11.3. The molecule has 16 rings (SSSR count). The topological polar surface area (TPSA) is 293 Å². The molecule has 0 radical (unpaired) electrons. The first kappa shape index (κ1) is 104. The molecule has 3 heterocycles. The SMILES string of the molecule is CCCCC(CC)COc1cc(O)c(-c2nc(OCC(CC)CCCC)nc(-c3c4ccccc4cc4ccccc34)n2)c(O)c1.CCCCC(CC)COc1cc(O)c(-c2nc(OCC(CC)CCCC)nc(-c3cc4c5ccccc5ccc4c4ccccc34)n2)c(O)c1.CCCCC(CC)COc1cc(O)c(-c2nc(OCC(CC)CCCC)nc(-c3ccc4cc5ccccc5cc4c3)n2)c(O)c1. The summed E-state index contributed by atoms with van der Waals surface area (Å²) in [7, 11) is 0. The van der Waals surface area contributed by atoms with Gasteiger partial charge in [0, 0.05) is 53.1 Å². The highest BCUT2D eigenvalue weighted by molar-refractivity contribution is 6.21. The second-order valence-corrected chi connectivity index (χ2v) is 38.0. The monoisotopic (exact) mass is 1910 g/mol. The van der Waals surface area contributed by atoms with Crippen LogP contribution in [0.4, 0.5) is 0 Å². The highest BCUT2D eigenvalue weighted by atomic mass is 16.5. The lowest BCUT2D eigenvalue weighted by Crippen LogP contribution is -2.13. The number of phenolic OH excluding ortho intramolecular Hbond substituents is 6. The molecule has 0 saturated heterocycles.